The van der Waals surface area contributed by atoms with Crippen LogP contribution in [0.4, 0.5) is 5.95 Å². The molecular weight excluding hydrogens is 236 g/mol. The molecule has 3 aromatic heterocycles. The predicted octanol–water partition coefficient (Wildman–Crippen LogP) is 1.45. The van der Waals surface area contributed by atoms with Gasteiger partial charge in [0.1, 0.15) is 5.01 Å². The molecule has 0 aromatic carbocycles. The van der Waals surface area contributed by atoms with Gasteiger partial charge in [0.2, 0.25) is 5.95 Å². The van der Waals surface area contributed by atoms with Gasteiger partial charge in [0.25, 0.3) is 0 Å². The number of hydrogen-bond donors (Lipinski definition) is 1. The first-order chi connectivity index (χ1) is 8.33. The van der Waals surface area contributed by atoms with Gasteiger partial charge in [0.15, 0.2) is 5.65 Å². The maximum atomic E-state index is 4.39. The van der Waals surface area contributed by atoms with E-state index >= 15 is 0 Å². The third-order valence-electron chi connectivity index (χ3n) is 2.38. The number of thiazole rings is 1. The van der Waals surface area contributed by atoms with Gasteiger partial charge in [-0.1, -0.05) is 0 Å². The van der Waals surface area contributed by atoms with Crippen LogP contribution in [0.1, 0.15) is 5.01 Å². The summed E-state index contributed by atoms with van der Waals surface area (Å²) in [5.41, 5.74) is 0.751. The summed E-state index contributed by atoms with van der Waals surface area (Å²) in [7, 11) is 1.94. The molecule has 0 saturated carbocycles. The molecular formula is C10H10N6S. The molecule has 0 saturated heterocycles. The summed E-state index contributed by atoms with van der Waals surface area (Å²) >= 11 is 1.62. The number of nitrogens with zero attached hydrogens (tertiary/aromatic N) is 5. The Morgan fingerprint density at radius 2 is 2.29 bits per heavy atom. The molecule has 3 aromatic rings. The van der Waals surface area contributed by atoms with Crippen molar-refractivity contribution in [3.8, 4) is 0 Å². The summed E-state index contributed by atoms with van der Waals surface area (Å²) in [6.07, 6.45) is 5.27. The molecule has 0 aliphatic carbocycles. The summed E-state index contributed by atoms with van der Waals surface area (Å²) in [4.78, 5) is 14.9. The highest BCUT2D eigenvalue weighted by atomic mass is 32.1. The number of aromatic amines is 1. The molecule has 0 amide bonds. The van der Waals surface area contributed by atoms with Crippen LogP contribution in [0, 0.1) is 0 Å². The number of rotatable bonds is 3. The Hall–Kier alpha value is -2.02. The molecule has 0 aliphatic heterocycles. The number of hydrogen-bond acceptors (Lipinski definition) is 6. The van der Waals surface area contributed by atoms with E-state index in [4.69, 9.17) is 0 Å². The molecule has 0 radical (unpaired) electrons. The van der Waals surface area contributed by atoms with Crippen LogP contribution in [0.2, 0.25) is 0 Å². The highest BCUT2D eigenvalue weighted by Gasteiger charge is 2.08. The van der Waals surface area contributed by atoms with Crippen LogP contribution in [0.15, 0.2) is 24.0 Å². The average Bonchev–Trinajstić information content (AvgIpc) is 2.97. The van der Waals surface area contributed by atoms with Gasteiger partial charge in [-0.25, -0.2) is 9.97 Å². The second-order valence-corrected chi connectivity index (χ2v) is 4.60. The molecule has 0 aliphatic rings. The van der Waals surface area contributed by atoms with Gasteiger partial charge in [-0.3, -0.25) is 5.10 Å². The van der Waals surface area contributed by atoms with Crippen LogP contribution in [-0.2, 0) is 6.54 Å². The van der Waals surface area contributed by atoms with Crippen molar-refractivity contribution in [1.29, 1.82) is 0 Å². The molecule has 3 rings (SSSR count). The van der Waals surface area contributed by atoms with Crippen molar-refractivity contribution in [2.45, 2.75) is 6.54 Å². The van der Waals surface area contributed by atoms with E-state index in [9.17, 15) is 0 Å². The van der Waals surface area contributed by atoms with E-state index in [1.54, 1.807) is 29.9 Å². The summed E-state index contributed by atoms with van der Waals surface area (Å²) < 4.78 is 0. The van der Waals surface area contributed by atoms with Crippen molar-refractivity contribution in [3.05, 3.63) is 29.0 Å². The number of aromatic nitrogens is 5. The SMILES string of the molecule is CN(Cc1nccs1)c1ncc2cn[nH]c2n1. The number of H-pyrrole nitrogens is 1. The molecule has 3 heterocycles. The van der Waals surface area contributed by atoms with Crippen LogP contribution in [0.3, 0.4) is 0 Å². The molecule has 0 fully saturated rings. The fourth-order valence-electron chi connectivity index (χ4n) is 1.52. The highest BCUT2D eigenvalue weighted by molar-refractivity contribution is 7.09. The molecule has 0 bridgehead atoms. The van der Waals surface area contributed by atoms with E-state index in [0.717, 1.165) is 16.0 Å². The van der Waals surface area contributed by atoms with Crippen LogP contribution < -0.4 is 4.90 Å². The third kappa shape index (κ3) is 1.96. The molecule has 0 atom stereocenters. The fourth-order valence-corrected chi connectivity index (χ4v) is 2.19. The quantitative estimate of drug-likeness (QED) is 0.757. The molecule has 6 nitrogen and oxygen atoms in total. The summed E-state index contributed by atoms with van der Waals surface area (Å²) in [6.45, 7) is 0.706. The van der Waals surface area contributed by atoms with E-state index in [1.165, 1.54) is 0 Å². The first-order valence-corrected chi connectivity index (χ1v) is 5.96. The Labute approximate surface area is 101 Å². The van der Waals surface area contributed by atoms with Gasteiger partial charge >= 0.3 is 0 Å². The van der Waals surface area contributed by atoms with Crippen molar-refractivity contribution in [2.75, 3.05) is 11.9 Å². The largest absolute Gasteiger partial charge is 0.337 e. The van der Waals surface area contributed by atoms with E-state index in [1.807, 2.05) is 17.3 Å². The lowest BCUT2D eigenvalue weighted by Crippen LogP contribution is -2.18. The Morgan fingerprint density at radius 3 is 3.12 bits per heavy atom. The van der Waals surface area contributed by atoms with Crippen molar-refractivity contribution >= 4 is 28.3 Å². The first kappa shape index (κ1) is 10.2. The minimum Gasteiger partial charge on any atom is -0.337 e. The van der Waals surface area contributed by atoms with Crippen LogP contribution in [0.25, 0.3) is 11.0 Å². The standard InChI is InChI=1S/C10H10N6S/c1-16(6-8-11-2-3-17-8)10-12-4-7-5-13-15-9(7)14-10/h2-5H,6H2,1H3,(H,12,13,14,15). The molecule has 0 unspecified atom stereocenters. The maximum Gasteiger partial charge on any atom is 0.227 e. The van der Waals surface area contributed by atoms with Gasteiger partial charge in [-0.15, -0.1) is 11.3 Å². The Morgan fingerprint density at radius 1 is 1.35 bits per heavy atom. The second-order valence-electron chi connectivity index (χ2n) is 3.63. The normalized spacial score (nSPS) is 10.9. The minimum absolute atomic E-state index is 0.664. The van der Waals surface area contributed by atoms with Crippen molar-refractivity contribution in [1.82, 2.24) is 25.1 Å². The van der Waals surface area contributed by atoms with E-state index in [0.29, 0.717) is 12.5 Å². The fraction of sp³-hybridized carbons (Fsp3) is 0.200. The number of nitrogens with one attached hydrogen (secondary N) is 1. The molecule has 17 heavy (non-hydrogen) atoms. The second kappa shape index (κ2) is 4.10. The zero-order valence-corrected chi connectivity index (χ0v) is 9.98. The molecule has 7 heteroatoms. The van der Waals surface area contributed by atoms with Gasteiger partial charge in [0.05, 0.1) is 18.1 Å². The van der Waals surface area contributed by atoms with Gasteiger partial charge in [-0.2, -0.15) is 10.1 Å². The molecule has 1 N–H and O–H groups in total. The van der Waals surface area contributed by atoms with E-state index in [-0.39, 0.29) is 0 Å². The Kier molecular flexibility index (Phi) is 2.45. The monoisotopic (exact) mass is 246 g/mol. The maximum absolute atomic E-state index is 4.39. The number of anilines is 1. The average molecular weight is 246 g/mol. The van der Waals surface area contributed by atoms with Gasteiger partial charge in [-0.05, 0) is 0 Å². The third-order valence-corrected chi connectivity index (χ3v) is 3.14. The van der Waals surface area contributed by atoms with Crippen LogP contribution >= 0.6 is 11.3 Å². The van der Waals surface area contributed by atoms with Crippen LogP contribution in [0.5, 0.6) is 0 Å². The van der Waals surface area contributed by atoms with Crippen molar-refractivity contribution in [3.63, 3.8) is 0 Å². The first-order valence-electron chi connectivity index (χ1n) is 5.08. The minimum atomic E-state index is 0.664. The molecule has 86 valence electrons. The van der Waals surface area contributed by atoms with Gasteiger partial charge in [0, 0.05) is 24.8 Å². The lowest BCUT2D eigenvalue weighted by molar-refractivity contribution is 0.863. The summed E-state index contributed by atoms with van der Waals surface area (Å²) in [6, 6.07) is 0. The zero-order valence-electron chi connectivity index (χ0n) is 9.16. The summed E-state index contributed by atoms with van der Waals surface area (Å²) in [5.74, 6) is 0.664. The Bertz CT molecular complexity index is 617. The van der Waals surface area contributed by atoms with Crippen LogP contribution in [-0.4, -0.2) is 32.2 Å². The summed E-state index contributed by atoms with van der Waals surface area (Å²) in [5, 5.41) is 10.7. The zero-order chi connectivity index (χ0) is 11.7. The van der Waals surface area contributed by atoms with Crippen molar-refractivity contribution < 1.29 is 0 Å². The van der Waals surface area contributed by atoms with Crippen molar-refractivity contribution in [2.24, 2.45) is 0 Å². The Balaban J connectivity index is 1.87. The van der Waals surface area contributed by atoms with E-state index < -0.39 is 0 Å². The van der Waals surface area contributed by atoms with E-state index in [2.05, 4.69) is 25.1 Å². The smallest absolute Gasteiger partial charge is 0.227 e. The predicted molar refractivity (Wildman–Crippen MR) is 65.9 cm³/mol. The molecule has 0 spiro atoms. The highest BCUT2D eigenvalue weighted by Crippen LogP contribution is 2.14. The number of fused-ring (bicyclic) bond motifs is 1. The lowest BCUT2D eigenvalue weighted by Gasteiger charge is -2.14. The topological polar surface area (TPSA) is 70.6 Å². The van der Waals surface area contributed by atoms with Gasteiger partial charge < -0.3 is 4.90 Å². The lowest BCUT2D eigenvalue weighted by atomic mass is 10.4.